The van der Waals surface area contributed by atoms with Crippen molar-refractivity contribution >= 4 is 27.4 Å². The van der Waals surface area contributed by atoms with E-state index in [9.17, 15) is 17.6 Å². The molecule has 0 radical (unpaired) electrons. The quantitative estimate of drug-likeness (QED) is 0.757. The fourth-order valence-corrected chi connectivity index (χ4v) is 4.63. The molecule has 3 rings (SSSR count). The number of carbonyl (C=O) groups is 1. The number of halogens is 2. The first-order chi connectivity index (χ1) is 11.9. The minimum Gasteiger partial charge on any atom is -0.294 e. The largest absolute Gasteiger partial charge is 0.294 e. The van der Waals surface area contributed by atoms with Crippen LogP contribution in [0.5, 0.6) is 0 Å². The van der Waals surface area contributed by atoms with Gasteiger partial charge in [-0.2, -0.15) is 4.31 Å². The third kappa shape index (κ3) is 3.92. The van der Waals surface area contributed by atoms with Crippen molar-refractivity contribution in [2.45, 2.75) is 17.7 Å². The Kier molecular flexibility index (Phi) is 5.22. The fraction of sp³-hybridized carbons (Fsp3) is 0.278. The Morgan fingerprint density at radius 3 is 2.36 bits per heavy atom. The maximum atomic E-state index is 13.0. The summed E-state index contributed by atoms with van der Waals surface area (Å²) in [6.45, 7) is 0.499. The van der Waals surface area contributed by atoms with Gasteiger partial charge in [0, 0.05) is 29.6 Å². The van der Waals surface area contributed by atoms with Gasteiger partial charge in [-0.1, -0.05) is 11.6 Å². The summed E-state index contributed by atoms with van der Waals surface area (Å²) in [7, 11) is -3.67. The Balaban J connectivity index is 1.79. The second-order valence-corrected chi connectivity index (χ2v) is 8.40. The molecule has 0 amide bonds. The van der Waals surface area contributed by atoms with Crippen LogP contribution in [-0.4, -0.2) is 31.6 Å². The Bertz CT molecular complexity index is 866. The number of hydrogen-bond donors (Lipinski definition) is 0. The van der Waals surface area contributed by atoms with E-state index < -0.39 is 21.8 Å². The molecule has 0 aliphatic carbocycles. The van der Waals surface area contributed by atoms with Crippen molar-refractivity contribution in [1.82, 2.24) is 4.31 Å². The molecule has 4 nitrogen and oxygen atoms in total. The third-order valence-corrected chi connectivity index (χ3v) is 6.47. The summed E-state index contributed by atoms with van der Waals surface area (Å²) in [5.74, 6) is -0.996. The van der Waals surface area contributed by atoms with Gasteiger partial charge in [0.15, 0.2) is 5.78 Å². The number of Topliss-reactive ketones (excluding diaryl/α,β-unsaturated/α-hetero) is 1. The van der Waals surface area contributed by atoms with Gasteiger partial charge in [0.2, 0.25) is 10.0 Å². The predicted molar refractivity (Wildman–Crippen MR) is 93.7 cm³/mol. The number of carbonyl (C=O) groups excluding carboxylic acids is 1. The molecule has 0 spiro atoms. The van der Waals surface area contributed by atoms with Crippen molar-refractivity contribution < 1.29 is 17.6 Å². The zero-order valence-electron chi connectivity index (χ0n) is 13.4. The topological polar surface area (TPSA) is 54.5 Å². The molecule has 7 heteroatoms. The van der Waals surface area contributed by atoms with Gasteiger partial charge in [-0.25, -0.2) is 12.8 Å². The van der Waals surface area contributed by atoms with E-state index in [0.717, 1.165) is 0 Å². The minimum atomic E-state index is -3.67. The van der Waals surface area contributed by atoms with Crippen LogP contribution in [0.1, 0.15) is 23.2 Å². The van der Waals surface area contributed by atoms with Crippen molar-refractivity contribution in [3.63, 3.8) is 0 Å². The van der Waals surface area contributed by atoms with Gasteiger partial charge in [-0.15, -0.1) is 0 Å². The van der Waals surface area contributed by atoms with E-state index in [-0.39, 0.29) is 17.2 Å². The highest BCUT2D eigenvalue weighted by atomic mass is 35.5. The van der Waals surface area contributed by atoms with Crippen molar-refractivity contribution in [1.29, 1.82) is 0 Å². The van der Waals surface area contributed by atoms with Crippen LogP contribution in [0.4, 0.5) is 4.39 Å². The lowest BCUT2D eigenvalue weighted by Crippen LogP contribution is -2.42. The van der Waals surface area contributed by atoms with Crippen molar-refractivity contribution in [2.75, 3.05) is 13.1 Å². The number of sulfonamides is 1. The highest BCUT2D eigenvalue weighted by molar-refractivity contribution is 7.89. The van der Waals surface area contributed by atoms with Gasteiger partial charge in [-0.05, 0) is 61.4 Å². The lowest BCUT2D eigenvalue weighted by atomic mass is 9.91. The Morgan fingerprint density at radius 2 is 1.72 bits per heavy atom. The maximum absolute atomic E-state index is 13.0. The maximum Gasteiger partial charge on any atom is 0.243 e. The monoisotopic (exact) mass is 381 g/mol. The van der Waals surface area contributed by atoms with E-state index in [2.05, 4.69) is 0 Å². The summed E-state index contributed by atoms with van der Waals surface area (Å²) in [4.78, 5) is 12.8. The summed E-state index contributed by atoms with van der Waals surface area (Å²) in [5, 5.41) is 0.460. The molecule has 1 heterocycles. The van der Waals surface area contributed by atoms with Gasteiger partial charge in [-0.3, -0.25) is 4.79 Å². The lowest BCUT2D eigenvalue weighted by molar-refractivity contribution is 0.0872. The lowest BCUT2D eigenvalue weighted by Gasteiger charge is -2.31. The van der Waals surface area contributed by atoms with Crippen LogP contribution in [-0.2, 0) is 10.0 Å². The molecule has 0 bridgehead atoms. The number of nitrogens with zero attached hydrogens (tertiary/aromatic N) is 1. The van der Waals surface area contributed by atoms with Crippen LogP contribution < -0.4 is 0 Å². The van der Waals surface area contributed by atoms with E-state index in [0.29, 0.717) is 30.0 Å². The fourth-order valence-electron chi connectivity index (χ4n) is 2.98. The second kappa shape index (κ2) is 7.23. The normalized spacial score (nSPS) is 18.9. The van der Waals surface area contributed by atoms with Crippen molar-refractivity contribution in [3.05, 3.63) is 64.9 Å². The first-order valence-electron chi connectivity index (χ1n) is 7.93. The van der Waals surface area contributed by atoms with Crippen LogP contribution in [0, 0.1) is 11.7 Å². The van der Waals surface area contributed by atoms with Gasteiger partial charge in [0.05, 0.1) is 4.90 Å². The number of piperidine rings is 1. The average Bonchev–Trinajstić information content (AvgIpc) is 2.62. The summed E-state index contributed by atoms with van der Waals surface area (Å²) in [5.41, 5.74) is 0.400. The Morgan fingerprint density at radius 1 is 1.08 bits per heavy atom. The molecule has 0 N–H and O–H groups in total. The van der Waals surface area contributed by atoms with E-state index in [1.54, 1.807) is 0 Å². The average molecular weight is 382 g/mol. The molecule has 0 saturated carbocycles. The first-order valence-corrected chi connectivity index (χ1v) is 9.75. The van der Waals surface area contributed by atoms with E-state index in [1.165, 1.54) is 52.8 Å². The van der Waals surface area contributed by atoms with E-state index >= 15 is 0 Å². The zero-order valence-corrected chi connectivity index (χ0v) is 14.9. The summed E-state index contributed by atoms with van der Waals surface area (Å²) in [6, 6.07) is 11.3. The molecule has 1 fully saturated rings. The highest BCUT2D eigenvalue weighted by Gasteiger charge is 2.33. The van der Waals surface area contributed by atoms with E-state index in [4.69, 9.17) is 11.6 Å². The number of hydrogen-bond acceptors (Lipinski definition) is 3. The van der Waals surface area contributed by atoms with Gasteiger partial charge in [0.1, 0.15) is 5.82 Å². The van der Waals surface area contributed by atoms with Gasteiger partial charge in [0.25, 0.3) is 0 Å². The third-order valence-electron chi connectivity index (χ3n) is 4.34. The summed E-state index contributed by atoms with van der Waals surface area (Å²) in [6.07, 6.45) is 1.22. The van der Waals surface area contributed by atoms with Gasteiger partial charge >= 0.3 is 0 Å². The molecular weight excluding hydrogens is 365 g/mol. The smallest absolute Gasteiger partial charge is 0.243 e. The molecule has 1 aliphatic heterocycles. The van der Waals surface area contributed by atoms with Crippen LogP contribution in [0.2, 0.25) is 5.02 Å². The first kappa shape index (κ1) is 18.0. The minimum absolute atomic E-state index is 0.126. The molecule has 1 aliphatic rings. The molecule has 1 unspecified atom stereocenters. The molecule has 1 atom stereocenters. The molecule has 0 aromatic heterocycles. The van der Waals surface area contributed by atoms with Gasteiger partial charge < -0.3 is 0 Å². The number of benzene rings is 2. The van der Waals surface area contributed by atoms with Crippen LogP contribution in [0.25, 0.3) is 0 Å². The van der Waals surface area contributed by atoms with E-state index in [1.807, 2.05) is 0 Å². The molecule has 2 aromatic carbocycles. The van der Waals surface area contributed by atoms with Crippen molar-refractivity contribution in [2.24, 2.45) is 5.92 Å². The molecule has 25 heavy (non-hydrogen) atoms. The second-order valence-electron chi connectivity index (χ2n) is 6.03. The zero-order chi connectivity index (χ0) is 18.0. The number of rotatable bonds is 4. The Labute approximate surface area is 151 Å². The SMILES string of the molecule is O=C(c1ccc(F)cc1)C1CCCN(S(=O)(=O)c2ccc(Cl)cc2)C1. The Hall–Kier alpha value is -1.76. The summed E-state index contributed by atoms with van der Waals surface area (Å²) < 4.78 is 39.9. The molecule has 132 valence electrons. The predicted octanol–water partition coefficient (Wildman–Crippen LogP) is 3.76. The van der Waals surface area contributed by atoms with Crippen LogP contribution >= 0.6 is 11.6 Å². The summed E-state index contributed by atoms with van der Waals surface area (Å²) >= 11 is 5.81. The van der Waals surface area contributed by atoms with Crippen molar-refractivity contribution in [3.8, 4) is 0 Å². The standard InChI is InChI=1S/C18H17ClFNO3S/c19-15-5-9-17(10-6-15)25(23,24)21-11-1-2-14(12-21)18(22)13-3-7-16(20)8-4-13/h3-10,14H,1-2,11-12H2. The highest BCUT2D eigenvalue weighted by Crippen LogP contribution is 2.26. The molecular formula is C18H17ClFNO3S. The van der Waals surface area contributed by atoms with Crippen LogP contribution in [0.3, 0.4) is 0 Å². The molecule has 2 aromatic rings. The van der Waals surface area contributed by atoms with Crippen LogP contribution in [0.15, 0.2) is 53.4 Å². The number of ketones is 1. The molecule has 1 saturated heterocycles.